The lowest BCUT2D eigenvalue weighted by Gasteiger charge is -2.21. The summed E-state index contributed by atoms with van der Waals surface area (Å²) in [5.74, 6) is 0. The molecule has 0 atom stereocenters. The van der Waals surface area contributed by atoms with Crippen molar-refractivity contribution in [3.05, 3.63) is 0 Å². The number of hydrogen-bond donors (Lipinski definition) is 1. The van der Waals surface area contributed by atoms with Gasteiger partial charge in [0.25, 0.3) is 0 Å². The summed E-state index contributed by atoms with van der Waals surface area (Å²) in [7, 11) is 0. The number of unbranched alkanes of at least 4 members (excludes halogenated alkanes) is 10. The van der Waals surface area contributed by atoms with Crippen molar-refractivity contribution in [2.24, 2.45) is 0 Å². The van der Waals surface area contributed by atoms with E-state index >= 15 is 0 Å². The molecular formula is C21H44N2O. The molecule has 0 aromatic heterocycles. The fourth-order valence-corrected chi connectivity index (χ4v) is 3.76. The zero-order valence-electron chi connectivity index (χ0n) is 16.6. The molecule has 0 aromatic carbocycles. The van der Waals surface area contributed by atoms with Crippen LogP contribution < -0.4 is 0 Å². The first kappa shape index (κ1) is 21.9. The second kappa shape index (κ2) is 15.2. The molecule has 24 heavy (non-hydrogen) atoms. The summed E-state index contributed by atoms with van der Waals surface area (Å²) in [6.45, 7) is 10.9. The summed E-state index contributed by atoms with van der Waals surface area (Å²) >= 11 is 0. The van der Waals surface area contributed by atoms with Crippen molar-refractivity contribution in [2.45, 2.75) is 97.0 Å². The van der Waals surface area contributed by atoms with Gasteiger partial charge in [0.15, 0.2) is 0 Å². The standard InChI is InChI=1S/C21H44N2O/c1-3-5-7-9-11-13-15-22-17-18-23(20-21(24)19-22)16-14-12-10-8-6-4-2/h21,24H,3-20H2,1-2H3. The molecular weight excluding hydrogens is 296 g/mol. The van der Waals surface area contributed by atoms with E-state index in [-0.39, 0.29) is 6.10 Å². The number of nitrogens with zero attached hydrogens (tertiary/aromatic N) is 2. The third-order valence-electron chi connectivity index (χ3n) is 5.33. The van der Waals surface area contributed by atoms with Crippen LogP contribution in [0.5, 0.6) is 0 Å². The second-order valence-corrected chi connectivity index (χ2v) is 7.79. The van der Waals surface area contributed by atoms with E-state index in [1.807, 2.05) is 0 Å². The Balaban J connectivity index is 2.08. The third kappa shape index (κ3) is 11.4. The molecule has 1 N–H and O–H groups in total. The maximum Gasteiger partial charge on any atom is 0.0793 e. The molecule has 0 saturated carbocycles. The van der Waals surface area contributed by atoms with Gasteiger partial charge in [-0.15, -0.1) is 0 Å². The number of aliphatic hydroxyl groups excluding tert-OH is 1. The highest BCUT2D eigenvalue weighted by molar-refractivity contribution is 4.75. The summed E-state index contributed by atoms with van der Waals surface area (Å²) in [6.07, 6.45) is 16.1. The van der Waals surface area contributed by atoms with Gasteiger partial charge in [-0.05, 0) is 25.9 Å². The Morgan fingerprint density at radius 1 is 0.625 bits per heavy atom. The van der Waals surface area contributed by atoms with E-state index in [0.29, 0.717) is 0 Å². The van der Waals surface area contributed by atoms with Crippen LogP contribution in [0.25, 0.3) is 0 Å². The molecule has 0 unspecified atom stereocenters. The molecule has 0 aromatic rings. The predicted molar refractivity (Wildman–Crippen MR) is 106 cm³/mol. The van der Waals surface area contributed by atoms with E-state index < -0.39 is 0 Å². The molecule has 3 nitrogen and oxygen atoms in total. The summed E-state index contributed by atoms with van der Waals surface area (Å²) in [5, 5.41) is 10.3. The van der Waals surface area contributed by atoms with Crippen molar-refractivity contribution in [3.63, 3.8) is 0 Å². The summed E-state index contributed by atoms with van der Waals surface area (Å²) in [5.41, 5.74) is 0. The molecule has 0 radical (unpaired) electrons. The van der Waals surface area contributed by atoms with Crippen molar-refractivity contribution in [2.75, 3.05) is 39.3 Å². The van der Waals surface area contributed by atoms with Crippen molar-refractivity contribution >= 4 is 0 Å². The third-order valence-corrected chi connectivity index (χ3v) is 5.33. The summed E-state index contributed by atoms with van der Waals surface area (Å²) in [4.78, 5) is 4.98. The normalized spacial score (nSPS) is 18.1. The van der Waals surface area contributed by atoms with E-state index in [1.54, 1.807) is 0 Å². The van der Waals surface area contributed by atoms with E-state index in [9.17, 15) is 5.11 Å². The smallest absolute Gasteiger partial charge is 0.0793 e. The predicted octanol–water partition coefficient (Wildman–Crippen LogP) is 4.69. The van der Waals surface area contributed by atoms with Gasteiger partial charge in [0.05, 0.1) is 6.10 Å². The first-order valence-corrected chi connectivity index (χ1v) is 10.9. The molecule has 1 aliphatic heterocycles. The fraction of sp³-hybridized carbons (Fsp3) is 1.00. The number of rotatable bonds is 14. The Hall–Kier alpha value is -0.120. The minimum absolute atomic E-state index is 0.160. The van der Waals surface area contributed by atoms with Crippen molar-refractivity contribution < 1.29 is 5.11 Å². The lowest BCUT2D eigenvalue weighted by molar-refractivity contribution is 0.108. The molecule has 3 heteroatoms. The van der Waals surface area contributed by atoms with Crippen molar-refractivity contribution in [1.29, 1.82) is 0 Å². The molecule has 1 saturated heterocycles. The first-order chi connectivity index (χ1) is 11.8. The molecule has 0 amide bonds. The first-order valence-electron chi connectivity index (χ1n) is 10.9. The van der Waals surface area contributed by atoms with Gasteiger partial charge in [-0.25, -0.2) is 0 Å². The number of hydrogen-bond acceptors (Lipinski definition) is 3. The van der Waals surface area contributed by atoms with Crippen molar-refractivity contribution in [3.8, 4) is 0 Å². The average Bonchev–Trinajstić information content (AvgIpc) is 2.75. The van der Waals surface area contributed by atoms with E-state index in [2.05, 4.69) is 23.6 Å². The maximum atomic E-state index is 10.3. The Morgan fingerprint density at radius 3 is 1.42 bits per heavy atom. The lowest BCUT2D eigenvalue weighted by atomic mass is 10.1. The highest BCUT2D eigenvalue weighted by atomic mass is 16.3. The Kier molecular flexibility index (Phi) is 13.8. The van der Waals surface area contributed by atoms with Crippen LogP contribution in [0.1, 0.15) is 90.9 Å². The van der Waals surface area contributed by atoms with E-state index in [0.717, 1.165) is 26.2 Å². The van der Waals surface area contributed by atoms with Gasteiger partial charge in [0.1, 0.15) is 0 Å². The largest absolute Gasteiger partial charge is 0.390 e. The number of aliphatic hydroxyl groups is 1. The quantitative estimate of drug-likeness (QED) is 0.465. The maximum absolute atomic E-state index is 10.3. The molecule has 0 bridgehead atoms. The van der Waals surface area contributed by atoms with Crippen LogP contribution in [0.2, 0.25) is 0 Å². The topological polar surface area (TPSA) is 26.7 Å². The van der Waals surface area contributed by atoms with Gasteiger partial charge >= 0.3 is 0 Å². The van der Waals surface area contributed by atoms with Gasteiger partial charge in [0.2, 0.25) is 0 Å². The molecule has 0 spiro atoms. The second-order valence-electron chi connectivity index (χ2n) is 7.79. The Bertz CT molecular complexity index is 247. The highest BCUT2D eigenvalue weighted by Crippen LogP contribution is 2.11. The zero-order valence-corrected chi connectivity index (χ0v) is 16.6. The van der Waals surface area contributed by atoms with Crippen LogP contribution in [-0.2, 0) is 0 Å². The van der Waals surface area contributed by atoms with Crippen LogP contribution in [0, 0.1) is 0 Å². The van der Waals surface area contributed by atoms with Gasteiger partial charge in [-0.3, -0.25) is 9.80 Å². The van der Waals surface area contributed by atoms with Gasteiger partial charge in [0, 0.05) is 26.2 Å². The monoisotopic (exact) mass is 340 g/mol. The number of β-amino-alcohol motifs (C(OH)–C–C–N with tert-alkyl or cyclic N) is 1. The SMILES string of the molecule is CCCCCCCCN1CCN(CCCCCCCC)CC(O)C1. The van der Waals surface area contributed by atoms with Crippen LogP contribution in [0.4, 0.5) is 0 Å². The Morgan fingerprint density at radius 2 is 1.00 bits per heavy atom. The molecule has 144 valence electrons. The van der Waals surface area contributed by atoms with Gasteiger partial charge in [-0.1, -0.05) is 78.1 Å². The molecule has 1 fully saturated rings. The average molecular weight is 341 g/mol. The molecule has 0 aliphatic carbocycles. The van der Waals surface area contributed by atoms with Crippen LogP contribution >= 0.6 is 0 Å². The minimum atomic E-state index is -0.160. The highest BCUT2D eigenvalue weighted by Gasteiger charge is 2.20. The van der Waals surface area contributed by atoms with Crippen molar-refractivity contribution in [1.82, 2.24) is 9.80 Å². The zero-order chi connectivity index (χ0) is 17.5. The lowest BCUT2D eigenvalue weighted by Crippen LogP contribution is -2.34. The van der Waals surface area contributed by atoms with Crippen LogP contribution in [-0.4, -0.2) is 60.3 Å². The van der Waals surface area contributed by atoms with E-state index in [4.69, 9.17) is 0 Å². The minimum Gasteiger partial charge on any atom is -0.390 e. The summed E-state index contributed by atoms with van der Waals surface area (Å²) < 4.78 is 0. The van der Waals surface area contributed by atoms with Crippen LogP contribution in [0.3, 0.4) is 0 Å². The van der Waals surface area contributed by atoms with E-state index in [1.165, 1.54) is 90.1 Å². The molecule has 1 aliphatic rings. The van der Waals surface area contributed by atoms with Gasteiger partial charge in [-0.2, -0.15) is 0 Å². The Labute approximate surface area is 151 Å². The summed E-state index contributed by atoms with van der Waals surface area (Å²) in [6, 6.07) is 0. The van der Waals surface area contributed by atoms with Gasteiger partial charge < -0.3 is 5.11 Å². The fourth-order valence-electron chi connectivity index (χ4n) is 3.76. The molecule has 1 rings (SSSR count). The van der Waals surface area contributed by atoms with Crippen LogP contribution in [0.15, 0.2) is 0 Å². The molecule has 1 heterocycles.